The van der Waals surface area contributed by atoms with Gasteiger partial charge in [-0.2, -0.15) is 5.26 Å². The summed E-state index contributed by atoms with van der Waals surface area (Å²) in [5.41, 5.74) is 2.97. The van der Waals surface area contributed by atoms with Crippen molar-refractivity contribution < 1.29 is 19.0 Å². The van der Waals surface area contributed by atoms with Crippen LogP contribution in [0.3, 0.4) is 0 Å². The predicted octanol–water partition coefficient (Wildman–Crippen LogP) is 3.33. The fourth-order valence-corrected chi connectivity index (χ4v) is 4.04. The molecule has 4 aromatic rings. The summed E-state index contributed by atoms with van der Waals surface area (Å²) in [5.74, 6) is 1.19. The van der Waals surface area contributed by atoms with Crippen LogP contribution in [0.15, 0.2) is 55.1 Å². The maximum atomic E-state index is 12.9. The van der Waals surface area contributed by atoms with Crippen molar-refractivity contribution in [1.29, 1.82) is 5.26 Å². The Bertz CT molecular complexity index is 1490. The van der Waals surface area contributed by atoms with Crippen molar-refractivity contribution in [2.75, 3.05) is 39.7 Å². The number of carbonyl (C=O) groups excluding carboxylic acids is 1. The van der Waals surface area contributed by atoms with E-state index in [9.17, 15) is 10.1 Å². The van der Waals surface area contributed by atoms with Gasteiger partial charge in [-0.15, -0.1) is 5.10 Å². The average Bonchev–Trinajstić information content (AvgIpc) is 3.50. The molecule has 0 spiro atoms. The molecular weight excluding hydrogens is 526 g/mol. The highest BCUT2D eigenvalue weighted by Crippen LogP contribution is 2.30. The van der Waals surface area contributed by atoms with Gasteiger partial charge in [0.15, 0.2) is 0 Å². The van der Waals surface area contributed by atoms with Crippen LogP contribution in [-0.2, 0) is 11.3 Å². The molecule has 0 aliphatic rings. The van der Waals surface area contributed by atoms with Crippen LogP contribution < -0.4 is 14.8 Å². The van der Waals surface area contributed by atoms with E-state index in [1.54, 1.807) is 73.6 Å². The summed E-state index contributed by atoms with van der Waals surface area (Å²) < 4.78 is 18.1. The summed E-state index contributed by atoms with van der Waals surface area (Å²) >= 11 is 0. The molecule has 1 atom stereocenters. The number of hydrogen-bond acceptors (Lipinski definition) is 11. The van der Waals surface area contributed by atoms with E-state index in [4.69, 9.17) is 14.2 Å². The van der Waals surface area contributed by atoms with Gasteiger partial charge in [-0.25, -0.2) is 14.6 Å². The quantitative estimate of drug-likeness (QED) is 0.241. The van der Waals surface area contributed by atoms with E-state index < -0.39 is 0 Å². The molecule has 2 heterocycles. The lowest BCUT2D eigenvalue weighted by Crippen LogP contribution is -2.28. The number of carbonyl (C=O) groups is 1. The molecular formula is C28H31N9O4. The van der Waals surface area contributed by atoms with Crippen molar-refractivity contribution in [1.82, 2.24) is 35.1 Å². The molecule has 0 bridgehead atoms. The van der Waals surface area contributed by atoms with Crippen LogP contribution >= 0.6 is 0 Å². The topological polar surface area (TPSA) is 153 Å². The number of nitrogens with zero attached hydrogens (tertiary/aromatic N) is 8. The number of nitrogens with one attached hydrogen (secondary N) is 1. The lowest BCUT2D eigenvalue weighted by molar-refractivity contribution is 0.0779. The number of methoxy groups -OCH3 is 2. The number of aromatic nitrogens is 6. The van der Waals surface area contributed by atoms with Gasteiger partial charge in [-0.3, -0.25) is 4.79 Å². The summed E-state index contributed by atoms with van der Waals surface area (Å²) in [4.78, 5) is 23.5. The molecule has 0 fully saturated rings. The van der Waals surface area contributed by atoms with Gasteiger partial charge >= 0.3 is 0 Å². The Balaban J connectivity index is 1.49. The van der Waals surface area contributed by atoms with Gasteiger partial charge < -0.3 is 24.4 Å². The van der Waals surface area contributed by atoms with Crippen molar-refractivity contribution in [3.05, 3.63) is 66.2 Å². The normalized spacial score (nSPS) is 11.4. The highest BCUT2D eigenvalue weighted by atomic mass is 16.5. The number of ether oxygens (including phenoxy) is 3. The monoisotopic (exact) mass is 557 g/mol. The van der Waals surface area contributed by atoms with E-state index in [0.29, 0.717) is 54.0 Å². The minimum absolute atomic E-state index is 0.116. The van der Waals surface area contributed by atoms with Gasteiger partial charge in [0.05, 0.1) is 24.9 Å². The maximum absolute atomic E-state index is 12.9. The van der Waals surface area contributed by atoms with E-state index in [2.05, 4.69) is 36.9 Å². The van der Waals surface area contributed by atoms with E-state index in [1.807, 2.05) is 13.0 Å². The molecule has 0 saturated heterocycles. The van der Waals surface area contributed by atoms with Crippen LogP contribution in [0.2, 0.25) is 0 Å². The summed E-state index contributed by atoms with van der Waals surface area (Å²) in [6.07, 6.45) is 5.28. The second kappa shape index (κ2) is 13.8. The second-order valence-corrected chi connectivity index (χ2v) is 9.19. The summed E-state index contributed by atoms with van der Waals surface area (Å²) in [6.45, 7) is 3.45. The van der Waals surface area contributed by atoms with Crippen molar-refractivity contribution >= 4 is 17.5 Å². The van der Waals surface area contributed by atoms with Gasteiger partial charge in [0.1, 0.15) is 30.0 Å². The first-order valence-electron chi connectivity index (χ1n) is 12.8. The van der Waals surface area contributed by atoms with Crippen molar-refractivity contribution in [2.45, 2.75) is 26.0 Å². The molecule has 212 valence electrons. The van der Waals surface area contributed by atoms with Gasteiger partial charge in [-0.1, -0.05) is 6.07 Å². The predicted molar refractivity (Wildman–Crippen MR) is 150 cm³/mol. The third-order valence-electron chi connectivity index (χ3n) is 6.13. The van der Waals surface area contributed by atoms with Gasteiger partial charge in [-0.05, 0) is 59.7 Å². The van der Waals surface area contributed by atoms with Crippen LogP contribution in [0.1, 0.15) is 29.3 Å². The minimum atomic E-state index is -0.286. The highest BCUT2D eigenvalue weighted by molar-refractivity contribution is 5.95. The van der Waals surface area contributed by atoms with E-state index >= 15 is 0 Å². The van der Waals surface area contributed by atoms with E-state index in [-0.39, 0.29) is 12.0 Å². The standard InChI is InChI=1S/C28H31N9O4/c1-19(17-37-18-32-34-35-37)41-26-13-20(6-7-22(26)14-29)23-15-30-28(31-16-23)33-24-12-21(8-9-25(24)40-4)27(38)36(2)10-5-11-39-3/h6-9,12-13,15-16,18-19H,5,10-11,17H2,1-4H3,(H,30,31,33). The first kappa shape index (κ1) is 28.9. The fourth-order valence-electron chi connectivity index (χ4n) is 4.04. The summed E-state index contributed by atoms with van der Waals surface area (Å²) in [7, 11) is 4.94. The molecule has 1 amide bonds. The van der Waals surface area contributed by atoms with Crippen molar-refractivity contribution in [3.63, 3.8) is 0 Å². The number of nitriles is 1. The van der Waals surface area contributed by atoms with Crippen LogP contribution in [-0.4, -0.2) is 81.5 Å². The first-order chi connectivity index (χ1) is 19.9. The Kier molecular flexibility index (Phi) is 9.74. The number of hydrogen-bond donors (Lipinski definition) is 1. The number of amides is 1. The lowest BCUT2D eigenvalue weighted by Gasteiger charge is -2.18. The number of benzene rings is 2. The maximum Gasteiger partial charge on any atom is 0.253 e. The second-order valence-electron chi connectivity index (χ2n) is 9.19. The SMILES string of the molecule is COCCCN(C)C(=O)c1ccc(OC)c(Nc2ncc(-c3ccc(C#N)c(OC(C)Cn4cnnn4)c3)cn2)c1. The zero-order valence-corrected chi connectivity index (χ0v) is 23.3. The molecule has 13 heteroatoms. The van der Waals surface area contributed by atoms with E-state index in [1.165, 1.54) is 6.33 Å². The van der Waals surface area contributed by atoms with Crippen LogP contribution in [0, 0.1) is 11.3 Å². The smallest absolute Gasteiger partial charge is 0.253 e. The van der Waals surface area contributed by atoms with E-state index in [0.717, 1.165) is 17.5 Å². The Morgan fingerprint density at radius 1 is 1.12 bits per heavy atom. The minimum Gasteiger partial charge on any atom is -0.495 e. The highest BCUT2D eigenvalue weighted by Gasteiger charge is 2.16. The largest absolute Gasteiger partial charge is 0.495 e. The average molecular weight is 558 g/mol. The van der Waals surface area contributed by atoms with Gasteiger partial charge in [0.2, 0.25) is 5.95 Å². The molecule has 0 radical (unpaired) electrons. The van der Waals surface area contributed by atoms with Gasteiger partial charge in [0, 0.05) is 50.8 Å². The first-order valence-corrected chi connectivity index (χ1v) is 12.8. The Labute approximate surface area is 237 Å². The lowest BCUT2D eigenvalue weighted by atomic mass is 10.1. The molecule has 13 nitrogen and oxygen atoms in total. The third kappa shape index (κ3) is 7.52. The molecule has 0 saturated carbocycles. The van der Waals surface area contributed by atoms with Crippen molar-refractivity contribution in [2.24, 2.45) is 0 Å². The molecule has 1 unspecified atom stereocenters. The third-order valence-corrected chi connectivity index (χ3v) is 6.13. The van der Waals surface area contributed by atoms with Gasteiger partial charge in [0.25, 0.3) is 5.91 Å². The van der Waals surface area contributed by atoms with Crippen molar-refractivity contribution in [3.8, 4) is 28.7 Å². The van der Waals surface area contributed by atoms with Crippen LogP contribution in [0.25, 0.3) is 11.1 Å². The summed E-state index contributed by atoms with van der Waals surface area (Å²) in [6, 6.07) is 12.6. The molecule has 4 rings (SSSR count). The Morgan fingerprint density at radius 2 is 1.93 bits per heavy atom. The summed E-state index contributed by atoms with van der Waals surface area (Å²) in [5, 5.41) is 23.8. The van der Waals surface area contributed by atoms with Crippen LogP contribution in [0.4, 0.5) is 11.6 Å². The Hall–Kier alpha value is -5.09. The molecule has 2 aromatic carbocycles. The van der Waals surface area contributed by atoms with Crippen LogP contribution in [0.5, 0.6) is 11.5 Å². The molecule has 2 aromatic heterocycles. The molecule has 0 aliphatic carbocycles. The number of tetrazole rings is 1. The number of rotatable bonds is 13. The fraction of sp³-hybridized carbons (Fsp3) is 0.321. The zero-order valence-electron chi connectivity index (χ0n) is 23.3. The Morgan fingerprint density at radius 3 is 2.61 bits per heavy atom. The molecule has 41 heavy (non-hydrogen) atoms. The zero-order chi connectivity index (χ0) is 29.2. The molecule has 1 N–H and O–H groups in total. The number of anilines is 2. The molecule has 0 aliphatic heterocycles.